The molecule has 60 valence electrons. The SMILES string of the molecule is CC1(n2c(N)n[nH]c2=S)CC1. The summed E-state index contributed by atoms with van der Waals surface area (Å²) in [5.74, 6) is 0.495. The van der Waals surface area contributed by atoms with E-state index < -0.39 is 0 Å². The van der Waals surface area contributed by atoms with E-state index in [1.165, 1.54) is 0 Å². The van der Waals surface area contributed by atoms with Gasteiger partial charge in [0.2, 0.25) is 5.95 Å². The molecule has 0 aliphatic heterocycles. The van der Waals surface area contributed by atoms with E-state index in [9.17, 15) is 0 Å². The molecule has 0 unspecified atom stereocenters. The number of nitrogens with one attached hydrogen (secondary N) is 1. The summed E-state index contributed by atoms with van der Waals surface area (Å²) in [6, 6.07) is 0. The molecule has 0 bridgehead atoms. The molecule has 1 aliphatic rings. The van der Waals surface area contributed by atoms with Gasteiger partial charge in [-0.2, -0.15) is 0 Å². The molecule has 0 radical (unpaired) electrons. The van der Waals surface area contributed by atoms with Crippen molar-refractivity contribution in [2.45, 2.75) is 25.3 Å². The van der Waals surface area contributed by atoms with Gasteiger partial charge in [0.15, 0.2) is 4.77 Å². The van der Waals surface area contributed by atoms with Crippen LogP contribution in [0.4, 0.5) is 5.95 Å². The second-order valence-corrected chi connectivity index (χ2v) is 3.61. The lowest BCUT2D eigenvalue weighted by atomic mass is 10.3. The Morgan fingerprint density at radius 1 is 1.73 bits per heavy atom. The van der Waals surface area contributed by atoms with Crippen molar-refractivity contribution >= 4 is 18.2 Å². The van der Waals surface area contributed by atoms with E-state index in [-0.39, 0.29) is 5.54 Å². The Morgan fingerprint density at radius 2 is 2.36 bits per heavy atom. The Labute approximate surface area is 69.4 Å². The van der Waals surface area contributed by atoms with E-state index in [4.69, 9.17) is 18.0 Å². The largest absolute Gasteiger partial charge is 0.368 e. The first-order valence-corrected chi connectivity index (χ1v) is 3.98. The van der Waals surface area contributed by atoms with E-state index >= 15 is 0 Å². The molecule has 1 saturated carbocycles. The van der Waals surface area contributed by atoms with Gasteiger partial charge in [-0.25, -0.2) is 5.10 Å². The number of nitrogens with two attached hydrogens (primary N) is 1. The summed E-state index contributed by atoms with van der Waals surface area (Å²) in [4.78, 5) is 0. The molecule has 4 nitrogen and oxygen atoms in total. The lowest BCUT2D eigenvalue weighted by molar-refractivity contribution is 0.532. The molecule has 1 aromatic rings. The van der Waals surface area contributed by atoms with Crippen molar-refractivity contribution in [3.63, 3.8) is 0 Å². The van der Waals surface area contributed by atoms with Crippen molar-refractivity contribution in [1.82, 2.24) is 14.8 Å². The number of anilines is 1. The monoisotopic (exact) mass is 170 g/mol. The number of nitrogens with zero attached hydrogens (tertiary/aromatic N) is 2. The van der Waals surface area contributed by atoms with Crippen molar-refractivity contribution < 1.29 is 0 Å². The topological polar surface area (TPSA) is 59.6 Å². The fourth-order valence-electron chi connectivity index (χ4n) is 1.24. The summed E-state index contributed by atoms with van der Waals surface area (Å²) in [5.41, 5.74) is 5.77. The summed E-state index contributed by atoms with van der Waals surface area (Å²) < 4.78 is 2.52. The number of aromatic nitrogens is 3. The minimum absolute atomic E-state index is 0.147. The van der Waals surface area contributed by atoms with Crippen molar-refractivity contribution in [2.24, 2.45) is 0 Å². The molecular weight excluding hydrogens is 160 g/mol. The van der Waals surface area contributed by atoms with E-state index in [2.05, 4.69) is 17.1 Å². The van der Waals surface area contributed by atoms with Gasteiger partial charge in [0.05, 0.1) is 0 Å². The molecule has 0 amide bonds. The quantitative estimate of drug-likeness (QED) is 0.619. The average molecular weight is 170 g/mol. The molecule has 0 aromatic carbocycles. The van der Waals surface area contributed by atoms with Gasteiger partial charge in [-0.05, 0) is 32.0 Å². The Morgan fingerprint density at radius 3 is 2.73 bits per heavy atom. The maximum absolute atomic E-state index is 5.62. The minimum atomic E-state index is 0.147. The first-order valence-electron chi connectivity index (χ1n) is 3.57. The Hall–Kier alpha value is -0.840. The van der Waals surface area contributed by atoms with Gasteiger partial charge in [0.1, 0.15) is 0 Å². The van der Waals surface area contributed by atoms with Crippen LogP contribution in [0.25, 0.3) is 0 Å². The van der Waals surface area contributed by atoms with Crippen LogP contribution < -0.4 is 5.73 Å². The second-order valence-electron chi connectivity index (χ2n) is 3.22. The lowest BCUT2D eigenvalue weighted by Crippen LogP contribution is -2.15. The molecule has 5 heteroatoms. The first-order chi connectivity index (χ1) is 5.13. The first kappa shape index (κ1) is 6.84. The molecule has 2 rings (SSSR count). The highest BCUT2D eigenvalue weighted by Gasteiger charge is 2.41. The van der Waals surface area contributed by atoms with Gasteiger partial charge in [-0.15, -0.1) is 5.10 Å². The van der Waals surface area contributed by atoms with Gasteiger partial charge in [-0.3, -0.25) is 4.57 Å². The third-order valence-electron chi connectivity index (χ3n) is 2.21. The van der Waals surface area contributed by atoms with Gasteiger partial charge < -0.3 is 5.73 Å². The maximum atomic E-state index is 5.62. The van der Waals surface area contributed by atoms with Crippen LogP contribution in [0.3, 0.4) is 0 Å². The molecule has 1 aliphatic carbocycles. The summed E-state index contributed by atoms with van der Waals surface area (Å²) in [6.45, 7) is 2.13. The molecule has 11 heavy (non-hydrogen) atoms. The Bertz CT molecular complexity index is 333. The number of H-pyrrole nitrogens is 1. The maximum Gasteiger partial charge on any atom is 0.220 e. The van der Waals surface area contributed by atoms with E-state index in [1.54, 1.807) is 0 Å². The third-order valence-corrected chi connectivity index (χ3v) is 2.49. The summed E-state index contributed by atoms with van der Waals surface area (Å²) in [7, 11) is 0. The predicted octanol–water partition coefficient (Wildman–Crippen LogP) is 1.03. The van der Waals surface area contributed by atoms with Crippen LogP contribution in [0.15, 0.2) is 0 Å². The zero-order valence-electron chi connectivity index (χ0n) is 6.29. The number of aromatic amines is 1. The van der Waals surface area contributed by atoms with Gasteiger partial charge >= 0.3 is 0 Å². The highest BCUT2D eigenvalue weighted by molar-refractivity contribution is 7.71. The van der Waals surface area contributed by atoms with Crippen molar-refractivity contribution in [3.8, 4) is 0 Å². The molecular formula is C6H10N4S. The van der Waals surface area contributed by atoms with Crippen LogP contribution in [0.1, 0.15) is 19.8 Å². The number of hydrogen-bond donors (Lipinski definition) is 2. The normalized spacial score (nSPS) is 20.1. The number of hydrogen-bond acceptors (Lipinski definition) is 3. The summed E-state index contributed by atoms with van der Waals surface area (Å²) in [5, 5.41) is 6.52. The van der Waals surface area contributed by atoms with Crippen LogP contribution in [0.5, 0.6) is 0 Å². The van der Waals surface area contributed by atoms with Crippen molar-refractivity contribution in [1.29, 1.82) is 0 Å². The highest BCUT2D eigenvalue weighted by Crippen LogP contribution is 2.43. The molecule has 3 N–H and O–H groups in total. The van der Waals surface area contributed by atoms with Gasteiger partial charge in [-0.1, -0.05) is 0 Å². The predicted molar refractivity (Wildman–Crippen MR) is 44.7 cm³/mol. The third kappa shape index (κ3) is 0.875. The molecule has 0 saturated heterocycles. The number of nitrogen functional groups attached to an aromatic ring is 1. The number of rotatable bonds is 1. The highest BCUT2D eigenvalue weighted by atomic mass is 32.1. The molecule has 1 fully saturated rings. The molecule has 1 heterocycles. The lowest BCUT2D eigenvalue weighted by Gasteiger charge is -2.09. The molecule has 1 aromatic heterocycles. The van der Waals surface area contributed by atoms with E-state index in [0.717, 1.165) is 12.8 Å². The molecule has 0 spiro atoms. The van der Waals surface area contributed by atoms with Crippen LogP contribution in [0, 0.1) is 4.77 Å². The van der Waals surface area contributed by atoms with Crippen LogP contribution in [-0.4, -0.2) is 14.8 Å². The summed E-state index contributed by atoms with van der Waals surface area (Å²) in [6.07, 6.45) is 2.29. The van der Waals surface area contributed by atoms with E-state index in [0.29, 0.717) is 10.7 Å². The minimum Gasteiger partial charge on any atom is -0.368 e. The van der Waals surface area contributed by atoms with E-state index in [1.807, 2.05) is 4.57 Å². The Kier molecular flexibility index (Phi) is 1.15. The zero-order chi connectivity index (χ0) is 8.06. The Balaban J connectivity index is 2.59. The van der Waals surface area contributed by atoms with Crippen LogP contribution in [0.2, 0.25) is 0 Å². The zero-order valence-corrected chi connectivity index (χ0v) is 7.11. The average Bonchev–Trinajstić information content (AvgIpc) is 2.56. The second kappa shape index (κ2) is 1.85. The smallest absolute Gasteiger partial charge is 0.220 e. The van der Waals surface area contributed by atoms with Crippen molar-refractivity contribution in [3.05, 3.63) is 4.77 Å². The molecule has 0 atom stereocenters. The van der Waals surface area contributed by atoms with Gasteiger partial charge in [0, 0.05) is 5.54 Å². The van der Waals surface area contributed by atoms with Crippen LogP contribution >= 0.6 is 12.2 Å². The fourth-order valence-corrected chi connectivity index (χ4v) is 1.59. The van der Waals surface area contributed by atoms with Crippen LogP contribution in [-0.2, 0) is 5.54 Å². The standard InChI is InChI=1S/C6H10N4S/c1-6(2-3-6)10-4(7)8-9-5(10)11/h2-3H2,1H3,(H2,7,8)(H,9,11). The summed E-state index contributed by atoms with van der Waals surface area (Å²) >= 11 is 5.03. The van der Waals surface area contributed by atoms with Gasteiger partial charge in [0.25, 0.3) is 0 Å². The van der Waals surface area contributed by atoms with Crippen molar-refractivity contribution in [2.75, 3.05) is 5.73 Å². The fraction of sp³-hybridized carbons (Fsp3) is 0.667.